The third-order valence-corrected chi connectivity index (χ3v) is 7.30. The van der Waals surface area contributed by atoms with Crippen LogP contribution in [0, 0.1) is 5.82 Å². The summed E-state index contributed by atoms with van der Waals surface area (Å²) >= 11 is 0. The summed E-state index contributed by atoms with van der Waals surface area (Å²) in [4.78, 5) is 28.8. The second kappa shape index (κ2) is 12.3. The standard InChI is InChI=1S/C31H33FN4O4/c32-21-13-11-19(12-14-21)18-40-22-7-5-6-20(16-22)28-29-24(23-8-1-2-9-25(23)34-29)17-27(35-28)30(37)36-26(31(38)39)10-3-4-15-33/h1-2,5-9,11-14,16,26-28,34-35H,3-4,10,15,17-18,33H2,(H,36,37)(H,38,39). The van der Waals surface area contributed by atoms with Crippen LogP contribution in [-0.4, -0.2) is 40.6 Å². The molecule has 5 rings (SSSR count). The molecule has 8 nitrogen and oxygen atoms in total. The number of fused-ring (bicyclic) bond motifs is 3. The van der Waals surface area contributed by atoms with Gasteiger partial charge in [0.25, 0.3) is 0 Å². The molecule has 1 aliphatic heterocycles. The Balaban J connectivity index is 1.41. The minimum absolute atomic E-state index is 0.283. The van der Waals surface area contributed by atoms with Crippen LogP contribution in [-0.2, 0) is 22.6 Å². The average Bonchev–Trinajstić information content (AvgIpc) is 3.34. The van der Waals surface area contributed by atoms with E-state index in [1.54, 1.807) is 12.1 Å². The van der Waals surface area contributed by atoms with Crippen molar-refractivity contribution >= 4 is 22.8 Å². The number of benzene rings is 3. The van der Waals surface area contributed by atoms with Crippen LogP contribution in [0.3, 0.4) is 0 Å². The summed E-state index contributed by atoms with van der Waals surface area (Å²) in [6, 6.07) is 19.8. The summed E-state index contributed by atoms with van der Waals surface area (Å²) < 4.78 is 19.3. The first-order chi connectivity index (χ1) is 19.4. The van der Waals surface area contributed by atoms with Crippen molar-refractivity contribution in [1.29, 1.82) is 0 Å². The fraction of sp³-hybridized carbons (Fsp3) is 0.290. The number of halogens is 1. The lowest BCUT2D eigenvalue weighted by atomic mass is 9.89. The topological polar surface area (TPSA) is 129 Å². The van der Waals surface area contributed by atoms with Gasteiger partial charge in [-0.1, -0.05) is 42.5 Å². The number of H-pyrrole nitrogens is 1. The summed E-state index contributed by atoms with van der Waals surface area (Å²) in [6.45, 7) is 0.757. The number of hydrogen-bond acceptors (Lipinski definition) is 5. The molecule has 0 saturated carbocycles. The van der Waals surface area contributed by atoms with E-state index in [0.717, 1.165) is 33.3 Å². The zero-order chi connectivity index (χ0) is 28.1. The van der Waals surface area contributed by atoms with Gasteiger partial charge >= 0.3 is 5.97 Å². The lowest BCUT2D eigenvalue weighted by molar-refractivity contribution is -0.142. The van der Waals surface area contributed by atoms with E-state index in [1.807, 2.05) is 48.5 Å². The van der Waals surface area contributed by atoms with Gasteiger partial charge in [-0.2, -0.15) is 0 Å². The molecule has 0 bridgehead atoms. The molecule has 3 aromatic carbocycles. The van der Waals surface area contributed by atoms with E-state index in [0.29, 0.717) is 38.0 Å². The van der Waals surface area contributed by atoms with Crippen molar-refractivity contribution in [3.63, 3.8) is 0 Å². The van der Waals surface area contributed by atoms with E-state index in [1.165, 1.54) is 12.1 Å². The van der Waals surface area contributed by atoms with Crippen LogP contribution in [0.15, 0.2) is 72.8 Å². The molecule has 1 amide bonds. The molecule has 0 fully saturated rings. The van der Waals surface area contributed by atoms with Gasteiger partial charge in [-0.05, 0) is 79.3 Å². The average molecular weight is 545 g/mol. The summed E-state index contributed by atoms with van der Waals surface area (Å²) in [5.74, 6) is -1.08. The number of nitrogens with two attached hydrogens (primary N) is 1. The van der Waals surface area contributed by atoms with Crippen LogP contribution in [0.4, 0.5) is 4.39 Å². The predicted octanol–water partition coefficient (Wildman–Crippen LogP) is 4.19. The number of hydrogen-bond donors (Lipinski definition) is 5. The number of nitrogens with one attached hydrogen (secondary N) is 3. The molecule has 1 aliphatic rings. The summed E-state index contributed by atoms with van der Waals surface area (Å²) in [5.41, 5.74) is 10.2. The molecule has 3 atom stereocenters. The van der Waals surface area contributed by atoms with Crippen LogP contribution >= 0.6 is 0 Å². The second-order valence-corrected chi connectivity index (χ2v) is 10.1. The molecular weight excluding hydrogens is 511 g/mol. The molecule has 0 saturated heterocycles. The van der Waals surface area contributed by atoms with Gasteiger partial charge in [0, 0.05) is 16.6 Å². The molecule has 40 heavy (non-hydrogen) atoms. The third-order valence-electron chi connectivity index (χ3n) is 7.30. The van der Waals surface area contributed by atoms with Crippen molar-refractivity contribution in [3.05, 3.63) is 101 Å². The van der Waals surface area contributed by atoms with Crippen LogP contribution < -0.4 is 21.1 Å². The van der Waals surface area contributed by atoms with E-state index in [-0.39, 0.29) is 24.4 Å². The molecule has 2 heterocycles. The zero-order valence-electron chi connectivity index (χ0n) is 22.0. The number of para-hydroxylation sites is 1. The van der Waals surface area contributed by atoms with Crippen molar-refractivity contribution in [2.75, 3.05) is 6.54 Å². The lowest BCUT2D eigenvalue weighted by Crippen LogP contribution is -2.53. The van der Waals surface area contributed by atoms with Crippen LogP contribution in [0.2, 0.25) is 0 Å². The largest absolute Gasteiger partial charge is 0.489 e. The van der Waals surface area contributed by atoms with Gasteiger partial charge in [-0.25, -0.2) is 9.18 Å². The van der Waals surface area contributed by atoms with Crippen LogP contribution in [0.1, 0.15) is 47.7 Å². The Kier molecular flexibility index (Phi) is 8.42. The highest BCUT2D eigenvalue weighted by Gasteiger charge is 2.35. The second-order valence-electron chi connectivity index (χ2n) is 10.1. The number of ether oxygens (including phenoxy) is 1. The van der Waals surface area contributed by atoms with E-state index in [9.17, 15) is 19.1 Å². The highest BCUT2D eigenvalue weighted by atomic mass is 19.1. The Labute approximate surface area is 231 Å². The van der Waals surface area contributed by atoms with Crippen molar-refractivity contribution in [2.24, 2.45) is 5.73 Å². The molecule has 9 heteroatoms. The van der Waals surface area contributed by atoms with E-state index < -0.39 is 18.1 Å². The number of carboxylic acid groups (broad SMARTS) is 1. The van der Waals surface area contributed by atoms with Gasteiger partial charge in [0.05, 0.1) is 12.1 Å². The molecular formula is C31H33FN4O4. The molecule has 3 unspecified atom stereocenters. The molecule has 208 valence electrons. The maximum Gasteiger partial charge on any atom is 0.326 e. The predicted molar refractivity (Wildman–Crippen MR) is 150 cm³/mol. The van der Waals surface area contributed by atoms with Gasteiger partial charge < -0.3 is 25.9 Å². The highest BCUT2D eigenvalue weighted by molar-refractivity contribution is 5.90. The van der Waals surface area contributed by atoms with E-state index in [2.05, 4.69) is 15.6 Å². The number of aromatic nitrogens is 1. The molecule has 0 radical (unpaired) electrons. The number of unbranched alkanes of at least 4 members (excludes halogenated alkanes) is 1. The molecule has 1 aromatic heterocycles. The minimum atomic E-state index is -1.06. The quantitative estimate of drug-likeness (QED) is 0.180. The smallest absolute Gasteiger partial charge is 0.326 e. The number of amides is 1. The Morgan fingerprint density at radius 3 is 2.65 bits per heavy atom. The first kappa shape index (κ1) is 27.4. The first-order valence-corrected chi connectivity index (χ1v) is 13.5. The monoisotopic (exact) mass is 544 g/mol. The molecule has 0 aliphatic carbocycles. The Morgan fingerprint density at radius 1 is 1.07 bits per heavy atom. The van der Waals surface area contributed by atoms with Crippen molar-refractivity contribution in [3.8, 4) is 5.75 Å². The number of aliphatic carboxylic acids is 1. The summed E-state index contributed by atoms with van der Waals surface area (Å²) in [5, 5.41) is 16.9. The van der Waals surface area contributed by atoms with Gasteiger partial charge in [0.2, 0.25) is 5.91 Å². The Hall–Kier alpha value is -4.21. The third kappa shape index (κ3) is 6.16. The SMILES string of the molecule is NCCCCC(NC(=O)C1Cc2c([nH]c3ccccc23)C(c2cccc(OCc3ccc(F)cc3)c2)N1)C(=O)O. The number of carboxylic acids is 1. The van der Waals surface area contributed by atoms with Crippen molar-refractivity contribution < 1.29 is 23.8 Å². The lowest BCUT2D eigenvalue weighted by Gasteiger charge is -2.32. The number of carbonyl (C=O) groups is 2. The minimum Gasteiger partial charge on any atom is -0.489 e. The maximum absolute atomic E-state index is 13.4. The summed E-state index contributed by atoms with van der Waals surface area (Å²) in [6.07, 6.45) is 2.05. The van der Waals surface area contributed by atoms with Crippen LogP contribution in [0.5, 0.6) is 5.75 Å². The van der Waals surface area contributed by atoms with Gasteiger partial charge in [0.1, 0.15) is 24.2 Å². The number of rotatable bonds is 11. The Morgan fingerprint density at radius 2 is 1.88 bits per heavy atom. The fourth-order valence-electron chi connectivity index (χ4n) is 5.22. The van der Waals surface area contributed by atoms with Crippen LogP contribution in [0.25, 0.3) is 10.9 Å². The van der Waals surface area contributed by atoms with E-state index >= 15 is 0 Å². The normalized spacial score (nSPS) is 17.2. The highest BCUT2D eigenvalue weighted by Crippen LogP contribution is 2.36. The first-order valence-electron chi connectivity index (χ1n) is 13.5. The number of carbonyl (C=O) groups excluding carboxylic acids is 1. The van der Waals surface area contributed by atoms with Gasteiger partial charge in [0.15, 0.2) is 0 Å². The summed E-state index contributed by atoms with van der Waals surface area (Å²) in [7, 11) is 0. The molecule has 0 spiro atoms. The van der Waals surface area contributed by atoms with Gasteiger partial charge in [-0.15, -0.1) is 0 Å². The molecule has 6 N–H and O–H groups in total. The van der Waals surface area contributed by atoms with E-state index in [4.69, 9.17) is 10.5 Å². The number of aromatic amines is 1. The molecule has 4 aromatic rings. The Bertz CT molecular complexity index is 1490. The van der Waals surface area contributed by atoms with Gasteiger partial charge in [-0.3, -0.25) is 10.1 Å². The van der Waals surface area contributed by atoms with Crippen molar-refractivity contribution in [1.82, 2.24) is 15.6 Å². The maximum atomic E-state index is 13.4. The van der Waals surface area contributed by atoms with Crippen molar-refractivity contribution in [2.45, 2.75) is 50.4 Å². The zero-order valence-corrected chi connectivity index (χ0v) is 22.0. The fourth-order valence-corrected chi connectivity index (χ4v) is 5.22.